The quantitative estimate of drug-likeness (QED) is 0.629. The fourth-order valence-corrected chi connectivity index (χ4v) is 5.85. The van der Waals surface area contributed by atoms with Gasteiger partial charge in [-0.05, 0) is 26.2 Å². The van der Waals surface area contributed by atoms with Crippen molar-refractivity contribution in [2.75, 3.05) is 30.4 Å². The number of thioether (sulfide) groups is 1. The second-order valence-corrected chi connectivity index (χ2v) is 8.91. The van der Waals surface area contributed by atoms with Crippen LogP contribution in [-0.2, 0) is 24.2 Å². The van der Waals surface area contributed by atoms with Gasteiger partial charge in [0.1, 0.15) is 6.54 Å². The highest BCUT2D eigenvalue weighted by Gasteiger charge is 2.35. The Kier molecular flexibility index (Phi) is 5.54. The molecule has 0 aromatic rings. The van der Waals surface area contributed by atoms with Crippen molar-refractivity contribution >= 4 is 33.5 Å². The topological polar surface area (TPSA) is 80.8 Å². The van der Waals surface area contributed by atoms with Crippen molar-refractivity contribution in [2.45, 2.75) is 37.5 Å². The van der Waals surface area contributed by atoms with Crippen LogP contribution in [0.4, 0.5) is 0 Å². The number of nitrogens with zero attached hydrogens (tertiary/aromatic N) is 1. The molecule has 1 atom stereocenters. The Morgan fingerprint density at radius 2 is 2.00 bits per heavy atom. The maximum absolute atomic E-state index is 12.2. The summed E-state index contributed by atoms with van der Waals surface area (Å²) in [4.78, 5) is 25.3. The lowest BCUT2D eigenvalue weighted by atomic mass is 10.4. The van der Waals surface area contributed by atoms with Crippen molar-refractivity contribution in [1.29, 1.82) is 0 Å². The minimum Gasteiger partial charge on any atom is -0.465 e. The third kappa shape index (κ3) is 5.18. The minimum absolute atomic E-state index is 0.000858. The van der Waals surface area contributed by atoms with E-state index in [0.717, 1.165) is 12.8 Å². The molecule has 0 spiro atoms. The van der Waals surface area contributed by atoms with E-state index in [4.69, 9.17) is 4.74 Å². The average molecular weight is 335 g/mol. The van der Waals surface area contributed by atoms with Crippen molar-refractivity contribution in [3.05, 3.63) is 0 Å². The van der Waals surface area contributed by atoms with Crippen molar-refractivity contribution < 1.29 is 22.7 Å². The van der Waals surface area contributed by atoms with Crippen molar-refractivity contribution in [3.63, 3.8) is 0 Å². The number of carbonyl (C=O) groups is 2. The van der Waals surface area contributed by atoms with Crippen LogP contribution in [0.3, 0.4) is 0 Å². The molecule has 0 bridgehead atoms. The summed E-state index contributed by atoms with van der Waals surface area (Å²) in [6, 6.07) is 0.148. The number of ether oxygens (including phenoxy) is 1. The van der Waals surface area contributed by atoms with Crippen LogP contribution in [0.1, 0.15) is 26.2 Å². The molecule has 0 aromatic heterocycles. The van der Waals surface area contributed by atoms with Crippen LogP contribution in [0.15, 0.2) is 0 Å². The van der Waals surface area contributed by atoms with Gasteiger partial charge in [0.25, 0.3) is 0 Å². The first-order valence-corrected chi connectivity index (χ1v) is 10.1. The number of esters is 1. The predicted molar refractivity (Wildman–Crippen MR) is 80.9 cm³/mol. The lowest BCUT2D eigenvalue weighted by Gasteiger charge is -2.21. The molecule has 21 heavy (non-hydrogen) atoms. The zero-order valence-electron chi connectivity index (χ0n) is 12.1. The Labute approximate surface area is 129 Å². The maximum atomic E-state index is 12.2. The highest BCUT2D eigenvalue weighted by molar-refractivity contribution is 8.02. The van der Waals surface area contributed by atoms with Gasteiger partial charge in [-0.15, -0.1) is 11.8 Å². The lowest BCUT2D eigenvalue weighted by molar-refractivity contribution is -0.148. The number of rotatable bonds is 7. The van der Waals surface area contributed by atoms with Crippen molar-refractivity contribution in [2.24, 2.45) is 0 Å². The Morgan fingerprint density at radius 3 is 2.52 bits per heavy atom. The Morgan fingerprint density at radius 1 is 1.29 bits per heavy atom. The highest BCUT2D eigenvalue weighted by atomic mass is 32.2. The molecule has 120 valence electrons. The fourth-order valence-electron chi connectivity index (χ4n) is 2.32. The molecule has 1 heterocycles. The van der Waals surface area contributed by atoms with Gasteiger partial charge in [-0.3, -0.25) is 9.59 Å². The van der Waals surface area contributed by atoms with E-state index < -0.39 is 9.84 Å². The standard InChI is InChI=1S/C13H21NO5S2/c1-2-19-13(16)7-14(10-3-4-10)12(15)8-20-11-5-6-21(17,18)9-11/h10-11H,2-9H2,1H3. The Balaban J connectivity index is 1.80. The van der Waals surface area contributed by atoms with E-state index in [2.05, 4.69) is 0 Å². The SMILES string of the molecule is CCOC(=O)CN(C(=O)CSC1CCS(=O)(=O)C1)C1CC1. The molecule has 0 radical (unpaired) electrons. The normalized spacial score (nSPS) is 23.8. The van der Waals surface area contributed by atoms with E-state index in [1.807, 2.05) is 0 Å². The van der Waals surface area contributed by atoms with Gasteiger partial charge in [-0.2, -0.15) is 0 Å². The monoisotopic (exact) mass is 335 g/mol. The van der Waals surface area contributed by atoms with Crippen LogP contribution >= 0.6 is 11.8 Å². The van der Waals surface area contributed by atoms with Gasteiger partial charge < -0.3 is 9.64 Å². The van der Waals surface area contributed by atoms with Crippen molar-refractivity contribution in [3.8, 4) is 0 Å². The summed E-state index contributed by atoms with van der Waals surface area (Å²) in [5, 5.41) is 0.00240. The first kappa shape index (κ1) is 16.6. The molecule has 0 N–H and O–H groups in total. The van der Waals surface area contributed by atoms with Crippen LogP contribution in [0.5, 0.6) is 0 Å². The number of sulfone groups is 1. The highest BCUT2D eigenvalue weighted by Crippen LogP contribution is 2.29. The summed E-state index contributed by atoms with van der Waals surface area (Å²) >= 11 is 1.39. The molecule has 8 heteroatoms. The van der Waals surface area contributed by atoms with E-state index in [9.17, 15) is 18.0 Å². The summed E-state index contributed by atoms with van der Waals surface area (Å²) in [6.07, 6.45) is 2.46. The van der Waals surface area contributed by atoms with Gasteiger partial charge >= 0.3 is 5.97 Å². The average Bonchev–Trinajstić information content (AvgIpc) is 3.18. The number of amides is 1. The van der Waals surface area contributed by atoms with Gasteiger partial charge in [0.2, 0.25) is 5.91 Å². The van der Waals surface area contributed by atoms with Gasteiger partial charge in [0, 0.05) is 11.3 Å². The molecule has 0 aromatic carbocycles. The minimum atomic E-state index is -2.91. The van der Waals surface area contributed by atoms with Crippen LogP contribution in [0, 0.1) is 0 Å². The maximum Gasteiger partial charge on any atom is 0.325 e. The van der Waals surface area contributed by atoms with Crippen molar-refractivity contribution in [1.82, 2.24) is 4.90 Å². The van der Waals surface area contributed by atoms with Gasteiger partial charge in [0.05, 0.1) is 23.9 Å². The van der Waals surface area contributed by atoms with Crippen LogP contribution in [-0.4, -0.2) is 66.9 Å². The summed E-state index contributed by atoms with van der Waals surface area (Å²) in [5.41, 5.74) is 0. The summed E-state index contributed by atoms with van der Waals surface area (Å²) in [7, 11) is -2.91. The molecule has 2 fully saturated rings. The second-order valence-electron chi connectivity index (χ2n) is 5.39. The largest absolute Gasteiger partial charge is 0.465 e. The van der Waals surface area contributed by atoms with Gasteiger partial charge in [0.15, 0.2) is 9.84 Å². The van der Waals surface area contributed by atoms with Crippen LogP contribution < -0.4 is 0 Å². The molecule has 1 aliphatic carbocycles. The molecule has 6 nitrogen and oxygen atoms in total. The van der Waals surface area contributed by atoms with E-state index in [-0.39, 0.29) is 47.0 Å². The number of hydrogen-bond donors (Lipinski definition) is 0. The lowest BCUT2D eigenvalue weighted by Crippen LogP contribution is -2.39. The van der Waals surface area contributed by atoms with E-state index in [1.54, 1.807) is 11.8 Å². The molecular formula is C13H21NO5S2. The van der Waals surface area contributed by atoms with Crippen LogP contribution in [0.25, 0.3) is 0 Å². The summed E-state index contributed by atoms with van der Waals surface area (Å²) in [5.74, 6) is 0.127. The number of carbonyl (C=O) groups excluding carboxylic acids is 2. The van der Waals surface area contributed by atoms with Gasteiger partial charge in [-0.1, -0.05) is 0 Å². The van der Waals surface area contributed by atoms with Crippen LogP contribution in [0.2, 0.25) is 0 Å². The Bertz CT molecular complexity index is 501. The molecular weight excluding hydrogens is 314 g/mol. The number of hydrogen-bond acceptors (Lipinski definition) is 6. The fraction of sp³-hybridized carbons (Fsp3) is 0.846. The molecule has 1 aliphatic heterocycles. The van der Waals surface area contributed by atoms with Gasteiger partial charge in [-0.25, -0.2) is 8.42 Å². The molecule has 1 unspecified atom stereocenters. The molecule has 2 rings (SSSR count). The third-order valence-electron chi connectivity index (χ3n) is 3.55. The zero-order chi connectivity index (χ0) is 15.5. The van der Waals surface area contributed by atoms with E-state index in [1.165, 1.54) is 11.8 Å². The molecule has 2 aliphatic rings. The smallest absolute Gasteiger partial charge is 0.325 e. The summed E-state index contributed by atoms with van der Waals surface area (Å²) < 4.78 is 27.7. The summed E-state index contributed by atoms with van der Waals surface area (Å²) in [6.45, 7) is 2.04. The molecule has 1 amide bonds. The molecule has 1 saturated heterocycles. The predicted octanol–water partition coefficient (Wildman–Crippen LogP) is 0.461. The first-order chi connectivity index (χ1) is 9.91. The van der Waals surface area contributed by atoms with E-state index >= 15 is 0 Å². The molecule has 1 saturated carbocycles. The third-order valence-corrected chi connectivity index (χ3v) is 6.81. The first-order valence-electron chi connectivity index (χ1n) is 7.18. The second kappa shape index (κ2) is 7.00. The zero-order valence-corrected chi connectivity index (χ0v) is 13.7. The Hall–Kier alpha value is -0.760. The van der Waals surface area contributed by atoms with E-state index in [0.29, 0.717) is 13.0 Å².